The Morgan fingerprint density at radius 2 is 2.00 bits per heavy atom. The molecule has 0 radical (unpaired) electrons. The fourth-order valence-corrected chi connectivity index (χ4v) is 2.55. The molecule has 1 amide bonds. The fraction of sp³-hybridized carbons (Fsp3) is 0.214. The van der Waals surface area contributed by atoms with Gasteiger partial charge in [-0.15, -0.1) is 11.3 Å². The molecule has 0 unspecified atom stereocenters. The summed E-state index contributed by atoms with van der Waals surface area (Å²) in [7, 11) is 0. The van der Waals surface area contributed by atoms with Crippen LogP contribution >= 0.6 is 11.3 Å². The van der Waals surface area contributed by atoms with Crippen molar-refractivity contribution in [2.24, 2.45) is 0 Å². The fourth-order valence-electron chi connectivity index (χ4n) is 1.70. The van der Waals surface area contributed by atoms with E-state index in [1.54, 1.807) is 6.07 Å². The highest BCUT2D eigenvalue weighted by Gasteiger charge is 2.14. The standard InChI is InChI=1S/C14H16N2OS/c1-9(11-6-4-3-5-7-11)16-14(17)13-8-12(15)10(2)18-13/h3-9H,15H2,1-2H3,(H,16,17)/t9-/m1/s1. The van der Waals surface area contributed by atoms with Gasteiger partial charge in [0.05, 0.1) is 10.9 Å². The maximum Gasteiger partial charge on any atom is 0.261 e. The lowest BCUT2D eigenvalue weighted by Gasteiger charge is -2.13. The number of rotatable bonds is 3. The number of benzene rings is 1. The molecule has 1 atom stereocenters. The highest BCUT2D eigenvalue weighted by Crippen LogP contribution is 2.24. The zero-order valence-corrected chi connectivity index (χ0v) is 11.3. The Morgan fingerprint density at radius 3 is 2.56 bits per heavy atom. The number of aryl methyl sites for hydroxylation is 1. The number of amides is 1. The number of carbonyl (C=O) groups excluding carboxylic acids is 1. The minimum Gasteiger partial charge on any atom is -0.398 e. The van der Waals surface area contributed by atoms with Crippen LogP contribution in [0.3, 0.4) is 0 Å². The molecule has 3 nitrogen and oxygen atoms in total. The second-order valence-electron chi connectivity index (χ2n) is 4.23. The average molecular weight is 260 g/mol. The van der Waals surface area contributed by atoms with Gasteiger partial charge in [-0.1, -0.05) is 30.3 Å². The van der Waals surface area contributed by atoms with Crippen molar-refractivity contribution in [1.82, 2.24) is 5.32 Å². The first-order valence-electron chi connectivity index (χ1n) is 5.79. The molecular formula is C14H16N2OS. The van der Waals surface area contributed by atoms with Crippen LogP contribution in [0.5, 0.6) is 0 Å². The summed E-state index contributed by atoms with van der Waals surface area (Å²) in [6.07, 6.45) is 0. The van der Waals surface area contributed by atoms with Crippen molar-refractivity contribution in [3.8, 4) is 0 Å². The highest BCUT2D eigenvalue weighted by atomic mass is 32.1. The van der Waals surface area contributed by atoms with Crippen LogP contribution in [-0.4, -0.2) is 5.91 Å². The maximum absolute atomic E-state index is 12.0. The SMILES string of the molecule is Cc1sc(C(=O)N[C@H](C)c2ccccc2)cc1N. The van der Waals surface area contributed by atoms with Crippen LogP contribution < -0.4 is 11.1 Å². The van der Waals surface area contributed by atoms with Crippen molar-refractivity contribution in [3.05, 3.63) is 51.7 Å². The first-order chi connectivity index (χ1) is 8.58. The smallest absolute Gasteiger partial charge is 0.261 e. The number of nitrogens with two attached hydrogens (primary N) is 1. The van der Waals surface area contributed by atoms with Crippen LogP contribution in [0, 0.1) is 6.92 Å². The molecule has 2 rings (SSSR count). The van der Waals surface area contributed by atoms with Gasteiger partial charge in [0.15, 0.2) is 0 Å². The number of hydrogen-bond donors (Lipinski definition) is 2. The van der Waals surface area contributed by atoms with Crippen LogP contribution in [0.15, 0.2) is 36.4 Å². The quantitative estimate of drug-likeness (QED) is 0.890. The molecule has 0 saturated carbocycles. The lowest BCUT2D eigenvalue weighted by Crippen LogP contribution is -2.25. The van der Waals surface area contributed by atoms with Gasteiger partial charge in [0.2, 0.25) is 0 Å². The number of anilines is 1. The third-order valence-corrected chi connectivity index (χ3v) is 3.89. The van der Waals surface area contributed by atoms with Gasteiger partial charge in [-0.25, -0.2) is 0 Å². The molecule has 1 aromatic heterocycles. The number of thiophene rings is 1. The molecule has 0 aliphatic heterocycles. The van der Waals surface area contributed by atoms with E-state index in [9.17, 15) is 4.79 Å². The Hall–Kier alpha value is -1.81. The molecule has 3 N–H and O–H groups in total. The lowest BCUT2D eigenvalue weighted by molar-refractivity contribution is 0.0944. The number of nitrogen functional groups attached to an aromatic ring is 1. The second-order valence-corrected chi connectivity index (χ2v) is 5.48. The molecule has 4 heteroatoms. The van der Waals surface area contributed by atoms with Gasteiger partial charge in [0, 0.05) is 10.6 Å². The zero-order valence-electron chi connectivity index (χ0n) is 10.4. The van der Waals surface area contributed by atoms with E-state index in [-0.39, 0.29) is 11.9 Å². The third kappa shape index (κ3) is 2.71. The van der Waals surface area contributed by atoms with Crippen molar-refractivity contribution in [3.63, 3.8) is 0 Å². The monoisotopic (exact) mass is 260 g/mol. The van der Waals surface area contributed by atoms with Gasteiger partial charge in [-0.2, -0.15) is 0 Å². The van der Waals surface area contributed by atoms with E-state index in [4.69, 9.17) is 5.73 Å². The molecular weight excluding hydrogens is 244 g/mol. The summed E-state index contributed by atoms with van der Waals surface area (Å²) in [5.41, 5.74) is 7.52. The van der Waals surface area contributed by atoms with E-state index in [1.807, 2.05) is 44.2 Å². The average Bonchev–Trinajstić information content (AvgIpc) is 2.71. The van der Waals surface area contributed by atoms with Gasteiger partial charge < -0.3 is 11.1 Å². The van der Waals surface area contributed by atoms with E-state index in [1.165, 1.54) is 11.3 Å². The van der Waals surface area contributed by atoms with Gasteiger partial charge in [0.25, 0.3) is 5.91 Å². The van der Waals surface area contributed by atoms with Crippen molar-refractivity contribution in [2.45, 2.75) is 19.9 Å². The Bertz CT molecular complexity index is 529. The van der Waals surface area contributed by atoms with Crippen LogP contribution in [0.2, 0.25) is 0 Å². The van der Waals surface area contributed by atoms with Crippen molar-refractivity contribution >= 4 is 22.9 Å². The Morgan fingerprint density at radius 1 is 1.33 bits per heavy atom. The minimum atomic E-state index is -0.0730. The number of carbonyl (C=O) groups is 1. The molecule has 1 aromatic carbocycles. The molecule has 0 bridgehead atoms. The molecule has 2 aromatic rings. The van der Waals surface area contributed by atoms with E-state index in [0.717, 1.165) is 10.4 Å². The molecule has 1 heterocycles. The lowest BCUT2D eigenvalue weighted by atomic mass is 10.1. The molecule has 18 heavy (non-hydrogen) atoms. The first-order valence-corrected chi connectivity index (χ1v) is 6.61. The molecule has 0 spiro atoms. The Labute approximate surface area is 111 Å². The largest absolute Gasteiger partial charge is 0.398 e. The van der Waals surface area contributed by atoms with E-state index in [0.29, 0.717) is 10.6 Å². The number of hydrogen-bond acceptors (Lipinski definition) is 3. The van der Waals surface area contributed by atoms with Gasteiger partial charge in [-0.05, 0) is 25.5 Å². The van der Waals surface area contributed by atoms with Gasteiger partial charge in [-0.3, -0.25) is 4.79 Å². The predicted molar refractivity (Wildman–Crippen MR) is 75.8 cm³/mol. The summed E-state index contributed by atoms with van der Waals surface area (Å²) in [6.45, 7) is 3.88. The summed E-state index contributed by atoms with van der Waals surface area (Å²) in [4.78, 5) is 13.7. The maximum atomic E-state index is 12.0. The highest BCUT2D eigenvalue weighted by molar-refractivity contribution is 7.14. The van der Waals surface area contributed by atoms with Gasteiger partial charge >= 0.3 is 0 Å². The van der Waals surface area contributed by atoms with Crippen LogP contribution in [0.25, 0.3) is 0 Å². The van der Waals surface area contributed by atoms with E-state index in [2.05, 4.69) is 5.32 Å². The van der Waals surface area contributed by atoms with Crippen LogP contribution in [-0.2, 0) is 0 Å². The molecule has 0 aliphatic rings. The van der Waals surface area contributed by atoms with Crippen molar-refractivity contribution in [1.29, 1.82) is 0 Å². The topological polar surface area (TPSA) is 55.1 Å². The minimum absolute atomic E-state index is 0.0117. The van der Waals surface area contributed by atoms with Gasteiger partial charge in [0.1, 0.15) is 0 Å². The van der Waals surface area contributed by atoms with Crippen molar-refractivity contribution < 1.29 is 4.79 Å². The summed E-state index contributed by atoms with van der Waals surface area (Å²) < 4.78 is 0. The first kappa shape index (κ1) is 12.6. The second kappa shape index (κ2) is 5.23. The molecule has 94 valence electrons. The van der Waals surface area contributed by atoms with E-state index >= 15 is 0 Å². The van der Waals surface area contributed by atoms with E-state index < -0.39 is 0 Å². The zero-order chi connectivity index (χ0) is 13.1. The van der Waals surface area contributed by atoms with Crippen molar-refractivity contribution in [2.75, 3.05) is 5.73 Å². The summed E-state index contributed by atoms with van der Waals surface area (Å²) in [5.74, 6) is -0.0730. The van der Waals surface area contributed by atoms with Crippen LogP contribution in [0.4, 0.5) is 5.69 Å². The Balaban J connectivity index is 2.08. The summed E-state index contributed by atoms with van der Waals surface area (Å²) in [6, 6.07) is 11.6. The normalized spacial score (nSPS) is 12.1. The summed E-state index contributed by atoms with van der Waals surface area (Å²) in [5, 5.41) is 2.97. The predicted octanol–water partition coefficient (Wildman–Crippen LogP) is 3.13. The Kier molecular flexibility index (Phi) is 3.67. The summed E-state index contributed by atoms with van der Waals surface area (Å²) >= 11 is 1.42. The number of nitrogens with one attached hydrogen (secondary N) is 1. The molecule has 0 fully saturated rings. The molecule has 0 saturated heterocycles. The van der Waals surface area contributed by atoms with Crippen LogP contribution in [0.1, 0.15) is 33.1 Å². The molecule has 0 aliphatic carbocycles. The third-order valence-electron chi connectivity index (χ3n) is 2.83.